The number of carbonyl (C=O) groups excluding carboxylic acids is 1. The number of hydrogen-bond donors (Lipinski definition) is 2. The first-order chi connectivity index (χ1) is 9.64. The number of rotatable bonds is 5. The highest BCUT2D eigenvalue weighted by molar-refractivity contribution is 6.33. The average molecular weight is 314 g/mol. The molecule has 2 N–H and O–H groups in total. The molecule has 0 saturated heterocycles. The summed E-state index contributed by atoms with van der Waals surface area (Å²) in [6, 6.07) is 5.11. The number of nitrogens with one attached hydrogen (secondary N) is 1. The number of aliphatic hydroxyl groups is 1. The van der Waals surface area contributed by atoms with E-state index in [0.29, 0.717) is 17.3 Å². The van der Waals surface area contributed by atoms with Crippen LogP contribution in [0.4, 0.5) is 16.2 Å². The Hall–Kier alpha value is -1.46. The number of halogens is 1. The second kappa shape index (κ2) is 7.00. The van der Waals surface area contributed by atoms with Crippen molar-refractivity contribution < 1.29 is 9.90 Å². The quantitative estimate of drug-likeness (QED) is 0.878. The lowest BCUT2D eigenvalue weighted by atomic mass is 10.1. The molecule has 2 amide bonds. The van der Waals surface area contributed by atoms with Crippen LogP contribution in [-0.2, 0) is 0 Å². The Morgan fingerprint density at radius 3 is 2.43 bits per heavy atom. The molecular weight excluding hydrogens is 290 g/mol. The molecule has 118 valence electrons. The summed E-state index contributed by atoms with van der Waals surface area (Å²) in [5, 5.41) is 13.2. The Morgan fingerprint density at radius 2 is 2.00 bits per heavy atom. The van der Waals surface area contributed by atoms with E-state index in [1.54, 1.807) is 30.9 Å². The predicted molar refractivity (Wildman–Crippen MR) is 88.3 cm³/mol. The summed E-state index contributed by atoms with van der Waals surface area (Å²) < 4.78 is 0. The highest BCUT2D eigenvalue weighted by Gasteiger charge is 2.21. The number of nitrogens with zero attached hydrogens (tertiary/aromatic N) is 2. The van der Waals surface area contributed by atoms with Gasteiger partial charge in [0, 0.05) is 26.3 Å². The van der Waals surface area contributed by atoms with Gasteiger partial charge in [-0.05, 0) is 39.0 Å². The predicted octanol–water partition coefficient (Wildman–Crippen LogP) is 3.03. The van der Waals surface area contributed by atoms with Crippen molar-refractivity contribution >= 4 is 29.0 Å². The van der Waals surface area contributed by atoms with E-state index in [4.69, 9.17) is 11.6 Å². The summed E-state index contributed by atoms with van der Waals surface area (Å²) in [5.74, 6) is 0. The van der Waals surface area contributed by atoms with E-state index < -0.39 is 5.60 Å². The lowest BCUT2D eigenvalue weighted by Gasteiger charge is -2.28. The van der Waals surface area contributed by atoms with Gasteiger partial charge in [-0.3, -0.25) is 0 Å². The van der Waals surface area contributed by atoms with Gasteiger partial charge in [-0.1, -0.05) is 11.6 Å². The Balaban J connectivity index is 2.80. The van der Waals surface area contributed by atoms with Gasteiger partial charge in [0.1, 0.15) is 0 Å². The van der Waals surface area contributed by atoms with E-state index in [9.17, 15) is 9.90 Å². The molecule has 0 aromatic heterocycles. The topological polar surface area (TPSA) is 55.8 Å². The minimum Gasteiger partial charge on any atom is -0.389 e. The minimum atomic E-state index is -0.931. The van der Waals surface area contributed by atoms with Crippen LogP contribution in [0.25, 0.3) is 0 Å². The van der Waals surface area contributed by atoms with E-state index in [1.165, 1.54) is 0 Å². The monoisotopic (exact) mass is 313 g/mol. The van der Waals surface area contributed by atoms with E-state index in [2.05, 4.69) is 5.32 Å². The lowest BCUT2D eigenvalue weighted by Crippen LogP contribution is -2.44. The number of likely N-dealkylation sites (N-methyl/N-ethyl adjacent to an activating group) is 1. The van der Waals surface area contributed by atoms with Gasteiger partial charge in [0.05, 0.1) is 22.9 Å². The summed E-state index contributed by atoms with van der Waals surface area (Å²) in [7, 11) is 3.81. The molecular formula is C15H24ClN3O2. The zero-order valence-electron chi connectivity index (χ0n) is 13.3. The van der Waals surface area contributed by atoms with Gasteiger partial charge in [-0.25, -0.2) is 4.79 Å². The number of urea groups is 1. The molecule has 1 aromatic carbocycles. The van der Waals surface area contributed by atoms with Gasteiger partial charge in [-0.2, -0.15) is 0 Å². The van der Waals surface area contributed by atoms with Crippen LogP contribution in [0.15, 0.2) is 18.2 Å². The summed E-state index contributed by atoms with van der Waals surface area (Å²) in [4.78, 5) is 15.7. The van der Waals surface area contributed by atoms with Crippen molar-refractivity contribution in [2.24, 2.45) is 0 Å². The molecule has 0 radical (unpaired) electrons. The van der Waals surface area contributed by atoms with Gasteiger partial charge in [0.25, 0.3) is 0 Å². The van der Waals surface area contributed by atoms with Gasteiger partial charge in [-0.15, -0.1) is 0 Å². The number of hydrogen-bond acceptors (Lipinski definition) is 3. The molecule has 0 unspecified atom stereocenters. The molecule has 6 heteroatoms. The highest BCUT2D eigenvalue weighted by atomic mass is 35.5. The summed E-state index contributed by atoms with van der Waals surface area (Å²) in [6.45, 7) is 5.99. The van der Waals surface area contributed by atoms with Crippen molar-refractivity contribution in [1.29, 1.82) is 0 Å². The first-order valence-electron chi connectivity index (χ1n) is 6.89. The average Bonchev–Trinajstić information content (AvgIpc) is 2.34. The fraction of sp³-hybridized carbons (Fsp3) is 0.533. The van der Waals surface area contributed by atoms with E-state index in [-0.39, 0.29) is 12.6 Å². The first-order valence-corrected chi connectivity index (χ1v) is 7.27. The third-order valence-electron chi connectivity index (χ3n) is 2.93. The maximum absolute atomic E-state index is 12.2. The largest absolute Gasteiger partial charge is 0.389 e. The van der Waals surface area contributed by atoms with Crippen molar-refractivity contribution in [1.82, 2.24) is 4.90 Å². The van der Waals surface area contributed by atoms with Gasteiger partial charge < -0.3 is 20.2 Å². The van der Waals surface area contributed by atoms with Crippen molar-refractivity contribution in [3.63, 3.8) is 0 Å². The molecule has 0 bridgehead atoms. The van der Waals surface area contributed by atoms with Crippen LogP contribution in [-0.4, -0.2) is 48.8 Å². The molecule has 0 spiro atoms. The van der Waals surface area contributed by atoms with Crippen molar-refractivity contribution in [2.45, 2.75) is 26.4 Å². The Kier molecular flexibility index (Phi) is 5.87. The van der Waals surface area contributed by atoms with E-state index >= 15 is 0 Å². The summed E-state index contributed by atoms with van der Waals surface area (Å²) in [6.07, 6.45) is 0. The molecule has 1 aromatic rings. The third kappa shape index (κ3) is 5.44. The number of amides is 2. The summed E-state index contributed by atoms with van der Waals surface area (Å²) in [5.41, 5.74) is 0.586. The van der Waals surface area contributed by atoms with E-state index in [0.717, 1.165) is 5.69 Å². The second-order valence-corrected chi connectivity index (χ2v) is 6.22. The zero-order valence-corrected chi connectivity index (χ0v) is 14.0. The molecule has 0 aliphatic rings. The van der Waals surface area contributed by atoms with Gasteiger partial charge in [0.2, 0.25) is 0 Å². The Morgan fingerprint density at radius 1 is 1.38 bits per heavy atom. The normalized spacial score (nSPS) is 11.2. The molecule has 0 fully saturated rings. The van der Waals surface area contributed by atoms with E-state index in [1.807, 2.05) is 32.0 Å². The Labute approximate surface area is 131 Å². The van der Waals surface area contributed by atoms with Crippen LogP contribution in [0.5, 0.6) is 0 Å². The standard InChI is InChI=1S/C15H24ClN3O2/c1-6-19(10-15(2,3)21)14(20)17-11-7-8-13(18(4)5)12(16)9-11/h7-9,21H,6,10H2,1-5H3,(H,17,20). The maximum Gasteiger partial charge on any atom is 0.321 e. The van der Waals surface area contributed by atoms with Crippen LogP contribution in [0.2, 0.25) is 5.02 Å². The minimum absolute atomic E-state index is 0.256. The van der Waals surface area contributed by atoms with Crippen molar-refractivity contribution in [3.8, 4) is 0 Å². The molecule has 0 heterocycles. The number of carbonyl (C=O) groups is 1. The highest BCUT2D eigenvalue weighted by Crippen LogP contribution is 2.27. The van der Waals surface area contributed by atoms with Crippen LogP contribution in [0, 0.1) is 0 Å². The fourth-order valence-corrected chi connectivity index (χ4v) is 2.29. The fourth-order valence-electron chi connectivity index (χ4n) is 1.94. The van der Waals surface area contributed by atoms with Gasteiger partial charge >= 0.3 is 6.03 Å². The molecule has 5 nitrogen and oxygen atoms in total. The summed E-state index contributed by atoms with van der Waals surface area (Å²) >= 11 is 6.18. The Bertz CT molecular complexity index is 498. The first kappa shape index (κ1) is 17.6. The molecule has 0 aliphatic carbocycles. The third-order valence-corrected chi connectivity index (χ3v) is 3.23. The van der Waals surface area contributed by atoms with Crippen molar-refractivity contribution in [3.05, 3.63) is 23.2 Å². The SMILES string of the molecule is CCN(CC(C)(C)O)C(=O)Nc1ccc(N(C)C)c(Cl)c1. The van der Waals surface area contributed by atoms with Crippen LogP contribution < -0.4 is 10.2 Å². The molecule has 1 rings (SSSR count). The van der Waals surface area contributed by atoms with Gasteiger partial charge in [0.15, 0.2) is 0 Å². The lowest BCUT2D eigenvalue weighted by molar-refractivity contribution is 0.0501. The zero-order chi connectivity index (χ0) is 16.2. The number of benzene rings is 1. The molecule has 0 aliphatic heterocycles. The molecule has 21 heavy (non-hydrogen) atoms. The molecule has 0 atom stereocenters. The molecule has 0 saturated carbocycles. The maximum atomic E-state index is 12.2. The second-order valence-electron chi connectivity index (χ2n) is 5.82. The smallest absolute Gasteiger partial charge is 0.321 e. The van der Waals surface area contributed by atoms with Crippen molar-refractivity contribution in [2.75, 3.05) is 37.4 Å². The van der Waals surface area contributed by atoms with Crippen LogP contribution in [0.3, 0.4) is 0 Å². The number of anilines is 2. The van der Waals surface area contributed by atoms with Crippen LogP contribution >= 0.6 is 11.6 Å². The van der Waals surface area contributed by atoms with Crippen LogP contribution in [0.1, 0.15) is 20.8 Å².